The van der Waals surface area contributed by atoms with Crippen LogP contribution in [0.25, 0.3) is 0 Å². The molecule has 0 amide bonds. The van der Waals surface area contributed by atoms with E-state index in [0.29, 0.717) is 0 Å². The van der Waals surface area contributed by atoms with Crippen LogP contribution in [0.5, 0.6) is 0 Å². The predicted octanol–water partition coefficient (Wildman–Crippen LogP) is 2.36. The monoisotopic (exact) mass is 213 g/mol. The first-order chi connectivity index (χ1) is 7.22. The van der Waals surface area contributed by atoms with Gasteiger partial charge in [-0.3, -0.25) is 9.69 Å². The zero-order valence-electron chi connectivity index (χ0n) is 9.74. The molecule has 0 saturated heterocycles. The van der Waals surface area contributed by atoms with E-state index < -0.39 is 5.97 Å². The quantitative estimate of drug-likeness (QED) is 0.713. The molecule has 1 N–H and O–H groups in total. The lowest BCUT2D eigenvalue weighted by Gasteiger charge is -2.23. The second-order valence-corrected chi connectivity index (χ2v) is 4.58. The molecule has 0 bridgehead atoms. The largest absolute Gasteiger partial charge is 0.480 e. The third kappa shape index (κ3) is 5.17. The van der Waals surface area contributed by atoms with Gasteiger partial charge in [0.05, 0.1) is 6.54 Å². The molecular weight excluding hydrogens is 190 g/mol. The van der Waals surface area contributed by atoms with Crippen LogP contribution in [0.4, 0.5) is 0 Å². The van der Waals surface area contributed by atoms with Crippen molar-refractivity contribution in [2.75, 3.05) is 19.6 Å². The van der Waals surface area contributed by atoms with Crippen molar-refractivity contribution in [3.05, 3.63) is 0 Å². The van der Waals surface area contributed by atoms with Crippen LogP contribution in [0.15, 0.2) is 0 Å². The minimum atomic E-state index is -0.703. The van der Waals surface area contributed by atoms with Gasteiger partial charge in [-0.25, -0.2) is 0 Å². The Balaban J connectivity index is 2.31. The van der Waals surface area contributed by atoms with Gasteiger partial charge in [-0.2, -0.15) is 0 Å². The Morgan fingerprint density at radius 1 is 1.27 bits per heavy atom. The number of aliphatic carboxylic acids is 1. The van der Waals surface area contributed by atoms with E-state index >= 15 is 0 Å². The molecule has 0 heterocycles. The summed E-state index contributed by atoms with van der Waals surface area (Å²) in [6, 6.07) is 0. The summed E-state index contributed by atoms with van der Waals surface area (Å²) >= 11 is 0. The average Bonchev–Trinajstić information content (AvgIpc) is 2.44. The molecule has 0 spiro atoms. The summed E-state index contributed by atoms with van der Waals surface area (Å²) in [5.74, 6) is 0.0253. The summed E-state index contributed by atoms with van der Waals surface area (Å²) in [6.07, 6.45) is 7.96. The number of hydrogen-bond donors (Lipinski definition) is 1. The zero-order valence-corrected chi connectivity index (χ0v) is 9.74. The maximum atomic E-state index is 10.6. The second-order valence-electron chi connectivity index (χ2n) is 4.58. The van der Waals surface area contributed by atoms with Gasteiger partial charge in [-0.15, -0.1) is 0 Å². The number of carboxylic acids is 1. The molecule has 0 aromatic heterocycles. The van der Waals surface area contributed by atoms with E-state index in [4.69, 9.17) is 5.11 Å². The van der Waals surface area contributed by atoms with Crippen molar-refractivity contribution in [1.82, 2.24) is 4.90 Å². The first kappa shape index (κ1) is 12.5. The van der Waals surface area contributed by atoms with Gasteiger partial charge in [0.2, 0.25) is 0 Å². The normalized spacial score (nSPS) is 19.1. The fourth-order valence-corrected chi connectivity index (χ4v) is 2.41. The fraction of sp³-hybridized carbons (Fsp3) is 0.917. The minimum absolute atomic E-state index is 0.201. The summed E-state index contributed by atoms with van der Waals surface area (Å²) in [7, 11) is 0. The molecule has 1 rings (SSSR count). The highest BCUT2D eigenvalue weighted by Crippen LogP contribution is 2.23. The maximum Gasteiger partial charge on any atom is 0.317 e. The number of rotatable bonds is 5. The highest BCUT2D eigenvalue weighted by atomic mass is 16.4. The molecule has 0 unspecified atom stereocenters. The molecule has 88 valence electrons. The number of carbonyl (C=O) groups is 1. The summed E-state index contributed by atoms with van der Waals surface area (Å²) in [5.41, 5.74) is 0. The van der Waals surface area contributed by atoms with Gasteiger partial charge in [0.25, 0.3) is 0 Å². The molecule has 1 aliphatic rings. The lowest BCUT2D eigenvalue weighted by atomic mass is 10.00. The van der Waals surface area contributed by atoms with E-state index in [2.05, 4.69) is 4.90 Å². The standard InChI is InChI=1S/C12H23NO2/c1-2-13(10-12(14)15)9-11-7-5-3-4-6-8-11/h11H,2-10H2,1H3,(H,14,15). The number of hydrogen-bond acceptors (Lipinski definition) is 2. The van der Waals surface area contributed by atoms with E-state index in [1.165, 1.54) is 38.5 Å². The van der Waals surface area contributed by atoms with Crippen molar-refractivity contribution in [3.63, 3.8) is 0 Å². The first-order valence-corrected chi connectivity index (χ1v) is 6.16. The smallest absolute Gasteiger partial charge is 0.317 e. The number of likely N-dealkylation sites (N-methyl/N-ethyl adjacent to an activating group) is 1. The lowest BCUT2D eigenvalue weighted by molar-refractivity contribution is -0.138. The topological polar surface area (TPSA) is 40.5 Å². The van der Waals surface area contributed by atoms with Crippen molar-refractivity contribution in [2.45, 2.75) is 45.4 Å². The van der Waals surface area contributed by atoms with Crippen LogP contribution in [-0.4, -0.2) is 35.6 Å². The van der Waals surface area contributed by atoms with Gasteiger partial charge in [0, 0.05) is 6.54 Å². The maximum absolute atomic E-state index is 10.6. The van der Waals surface area contributed by atoms with Crippen molar-refractivity contribution < 1.29 is 9.90 Å². The van der Waals surface area contributed by atoms with E-state index in [-0.39, 0.29) is 6.54 Å². The number of carboxylic acid groups (broad SMARTS) is 1. The summed E-state index contributed by atoms with van der Waals surface area (Å²) in [5, 5.41) is 8.76. The van der Waals surface area contributed by atoms with Gasteiger partial charge < -0.3 is 5.11 Å². The summed E-state index contributed by atoms with van der Waals surface area (Å²) in [6.45, 7) is 4.07. The zero-order chi connectivity index (χ0) is 11.1. The molecule has 1 fully saturated rings. The van der Waals surface area contributed by atoms with Gasteiger partial charge in [0.15, 0.2) is 0 Å². The van der Waals surface area contributed by atoms with Crippen LogP contribution in [-0.2, 0) is 4.79 Å². The molecule has 3 heteroatoms. The van der Waals surface area contributed by atoms with Crippen LogP contribution in [0.3, 0.4) is 0 Å². The lowest BCUT2D eigenvalue weighted by Crippen LogP contribution is -2.34. The Hall–Kier alpha value is -0.570. The average molecular weight is 213 g/mol. The van der Waals surface area contributed by atoms with Gasteiger partial charge in [-0.1, -0.05) is 32.6 Å². The van der Waals surface area contributed by atoms with Crippen LogP contribution in [0.1, 0.15) is 45.4 Å². The van der Waals surface area contributed by atoms with E-state index in [0.717, 1.165) is 19.0 Å². The van der Waals surface area contributed by atoms with Crippen molar-refractivity contribution in [2.24, 2.45) is 5.92 Å². The predicted molar refractivity (Wildman–Crippen MR) is 60.9 cm³/mol. The van der Waals surface area contributed by atoms with Gasteiger partial charge >= 0.3 is 5.97 Å². The molecule has 0 atom stereocenters. The molecule has 0 aromatic rings. The Kier molecular flexibility index (Phi) is 5.69. The van der Waals surface area contributed by atoms with Crippen molar-refractivity contribution in [1.29, 1.82) is 0 Å². The van der Waals surface area contributed by atoms with Gasteiger partial charge in [-0.05, 0) is 25.3 Å². The molecule has 0 aliphatic heterocycles. The summed E-state index contributed by atoms with van der Waals surface area (Å²) in [4.78, 5) is 12.7. The van der Waals surface area contributed by atoms with Crippen LogP contribution in [0, 0.1) is 5.92 Å². The molecular formula is C12H23NO2. The molecule has 3 nitrogen and oxygen atoms in total. The number of nitrogens with zero attached hydrogens (tertiary/aromatic N) is 1. The Morgan fingerprint density at radius 2 is 1.87 bits per heavy atom. The Bertz CT molecular complexity index is 186. The Morgan fingerprint density at radius 3 is 2.33 bits per heavy atom. The molecule has 1 saturated carbocycles. The van der Waals surface area contributed by atoms with E-state index in [1.807, 2.05) is 6.92 Å². The van der Waals surface area contributed by atoms with Crippen LogP contribution >= 0.6 is 0 Å². The minimum Gasteiger partial charge on any atom is -0.480 e. The third-order valence-corrected chi connectivity index (χ3v) is 3.30. The fourth-order valence-electron chi connectivity index (χ4n) is 2.41. The first-order valence-electron chi connectivity index (χ1n) is 6.16. The second kappa shape index (κ2) is 6.83. The third-order valence-electron chi connectivity index (χ3n) is 3.30. The Labute approximate surface area is 92.5 Å². The van der Waals surface area contributed by atoms with E-state index in [9.17, 15) is 4.79 Å². The van der Waals surface area contributed by atoms with Crippen LogP contribution < -0.4 is 0 Å². The SMILES string of the molecule is CCN(CC(=O)O)CC1CCCCCC1. The highest BCUT2D eigenvalue weighted by molar-refractivity contribution is 5.69. The van der Waals surface area contributed by atoms with Gasteiger partial charge in [0.1, 0.15) is 0 Å². The van der Waals surface area contributed by atoms with Crippen molar-refractivity contribution >= 4 is 5.97 Å². The summed E-state index contributed by atoms with van der Waals surface area (Å²) < 4.78 is 0. The highest BCUT2D eigenvalue weighted by Gasteiger charge is 2.16. The van der Waals surface area contributed by atoms with Crippen LogP contribution in [0.2, 0.25) is 0 Å². The molecule has 0 aromatic carbocycles. The van der Waals surface area contributed by atoms with E-state index in [1.54, 1.807) is 0 Å². The molecule has 0 radical (unpaired) electrons. The molecule has 15 heavy (non-hydrogen) atoms. The molecule has 1 aliphatic carbocycles. The van der Waals surface area contributed by atoms with Crippen molar-refractivity contribution in [3.8, 4) is 0 Å².